The number of anilines is 2. The summed E-state index contributed by atoms with van der Waals surface area (Å²) in [6.07, 6.45) is -3.24. The Morgan fingerprint density at radius 3 is 2.58 bits per heavy atom. The first-order valence-electron chi connectivity index (χ1n) is 8.82. The van der Waals surface area contributed by atoms with Gasteiger partial charge in [0, 0.05) is 11.3 Å². The van der Waals surface area contributed by atoms with Crippen molar-refractivity contribution < 1.29 is 17.6 Å². The molecule has 0 aliphatic carbocycles. The van der Waals surface area contributed by atoms with Crippen molar-refractivity contribution in [2.75, 3.05) is 11.5 Å². The Hall–Kier alpha value is -4.20. The number of nitriles is 1. The van der Waals surface area contributed by atoms with Crippen LogP contribution in [0.2, 0.25) is 0 Å². The molecule has 0 bridgehead atoms. The summed E-state index contributed by atoms with van der Waals surface area (Å²) in [6, 6.07) is 9.56. The number of halogens is 4. The van der Waals surface area contributed by atoms with Gasteiger partial charge >= 0.3 is 6.18 Å². The summed E-state index contributed by atoms with van der Waals surface area (Å²) >= 11 is 0. The summed E-state index contributed by atoms with van der Waals surface area (Å²) in [7, 11) is 0. The largest absolute Gasteiger partial charge is 0.418 e. The van der Waals surface area contributed by atoms with Crippen LogP contribution in [0.25, 0.3) is 22.3 Å². The third-order valence-corrected chi connectivity index (χ3v) is 4.64. The maximum atomic E-state index is 14.7. The lowest BCUT2D eigenvalue weighted by Gasteiger charge is -2.12. The van der Waals surface area contributed by atoms with E-state index in [-0.39, 0.29) is 46.2 Å². The van der Waals surface area contributed by atoms with Gasteiger partial charge in [-0.05, 0) is 29.8 Å². The van der Waals surface area contributed by atoms with Gasteiger partial charge < -0.3 is 11.5 Å². The lowest BCUT2D eigenvalue weighted by Crippen LogP contribution is -2.11. The molecule has 0 aliphatic heterocycles. The average Bonchev–Trinajstić information content (AvgIpc) is 3.10. The Morgan fingerprint density at radius 1 is 1.10 bits per heavy atom. The molecule has 0 fully saturated rings. The van der Waals surface area contributed by atoms with Crippen LogP contribution in [0.5, 0.6) is 0 Å². The molecule has 31 heavy (non-hydrogen) atoms. The first-order valence-corrected chi connectivity index (χ1v) is 8.82. The zero-order chi connectivity index (χ0) is 22.3. The lowest BCUT2D eigenvalue weighted by molar-refractivity contribution is -0.136. The zero-order valence-corrected chi connectivity index (χ0v) is 15.7. The minimum absolute atomic E-state index is 0.0320. The fourth-order valence-electron chi connectivity index (χ4n) is 3.21. The second kappa shape index (κ2) is 7.24. The molecule has 0 aliphatic rings. The van der Waals surface area contributed by atoms with E-state index in [9.17, 15) is 17.6 Å². The van der Waals surface area contributed by atoms with Gasteiger partial charge in [-0.15, -0.1) is 0 Å². The Labute approximate surface area is 172 Å². The van der Waals surface area contributed by atoms with Crippen LogP contribution in [-0.2, 0) is 12.7 Å². The maximum Gasteiger partial charge on any atom is 0.418 e. The van der Waals surface area contributed by atoms with Crippen LogP contribution in [0.1, 0.15) is 16.7 Å². The highest BCUT2D eigenvalue weighted by Gasteiger charge is 2.33. The molecule has 0 atom stereocenters. The van der Waals surface area contributed by atoms with Crippen molar-refractivity contribution in [3.63, 3.8) is 0 Å². The number of fused-ring (bicyclic) bond motifs is 1. The SMILES string of the molecule is N#Cc1cccc(-c2nc(N)nc3c2cnn3Cc2ccc(N)c(C(F)(F)F)c2)c1F. The summed E-state index contributed by atoms with van der Waals surface area (Å²) in [5.41, 5.74) is 10.4. The van der Waals surface area contributed by atoms with Crippen LogP contribution < -0.4 is 11.5 Å². The molecule has 0 radical (unpaired) electrons. The lowest BCUT2D eigenvalue weighted by atomic mass is 10.1. The summed E-state index contributed by atoms with van der Waals surface area (Å²) in [6.45, 7) is -0.0660. The minimum Gasteiger partial charge on any atom is -0.398 e. The highest BCUT2D eigenvalue weighted by atomic mass is 19.4. The molecular formula is C20H13F4N7. The number of nitrogen functional groups attached to an aromatic ring is 2. The third kappa shape index (κ3) is 3.59. The molecule has 0 amide bonds. The number of hydrogen-bond acceptors (Lipinski definition) is 6. The van der Waals surface area contributed by atoms with Gasteiger partial charge in [0.2, 0.25) is 5.95 Å². The van der Waals surface area contributed by atoms with Crippen molar-refractivity contribution in [2.24, 2.45) is 0 Å². The van der Waals surface area contributed by atoms with E-state index in [1.54, 1.807) is 6.07 Å². The van der Waals surface area contributed by atoms with Gasteiger partial charge in [-0.1, -0.05) is 12.1 Å². The second-order valence-electron chi connectivity index (χ2n) is 6.67. The van der Waals surface area contributed by atoms with E-state index < -0.39 is 17.6 Å². The normalized spacial score (nSPS) is 11.6. The minimum atomic E-state index is -4.60. The fraction of sp³-hybridized carbons (Fsp3) is 0.100. The zero-order valence-electron chi connectivity index (χ0n) is 15.7. The van der Waals surface area contributed by atoms with E-state index in [1.165, 1.54) is 41.2 Å². The van der Waals surface area contributed by atoms with E-state index in [0.717, 1.165) is 6.07 Å². The fourth-order valence-corrected chi connectivity index (χ4v) is 3.21. The second-order valence-corrected chi connectivity index (χ2v) is 6.67. The van der Waals surface area contributed by atoms with Crippen LogP contribution >= 0.6 is 0 Å². The topological polar surface area (TPSA) is 119 Å². The Bertz CT molecular complexity index is 1350. The van der Waals surface area contributed by atoms with Crippen molar-refractivity contribution in [1.82, 2.24) is 19.7 Å². The van der Waals surface area contributed by atoms with E-state index in [0.29, 0.717) is 5.39 Å². The summed E-state index contributed by atoms with van der Waals surface area (Å²) in [4.78, 5) is 8.20. The Kier molecular flexibility index (Phi) is 4.69. The van der Waals surface area contributed by atoms with E-state index in [2.05, 4.69) is 15.1 Å². The molecule has 4 rings (SSSR count). The van der Waals surface area contributed by atoms with Crippen molar-refractivity contribution in [3.05, 3.63) is 65.1 Å². The van der Waals surface area contributed by atoms with E-state index in [4.69, 9.17) is 16.7 Å². The number of aromatic nitrogens is 4. The maximum absolute atomic E-state index is 14.7. The molecule has 0 saturated carbocycles. The monoisotopic (exact) mass is 427 g/mol. The number of rotatable bonds is 3. The average molecular weight is 427 g/mol. The van der Waals surface area contributed by atoms with Gasteiger partial charge in [-0.2, -0.15) is 28.5 Å². The van der Waals surface area contributed by atoms with Crippen molar-refractivity contribution in [2.45, 2.75) is 12.7 Å². The molecule has 156 valence electrons. The molecule has 7 nitrogen and oxygen atoms in total. The van der Waals surface area contributed by atoms with Gasteiger partial charge in [0.05, 0.1) is 34.9 Å². The number of alkyl halides is 3. The van der Waals surface area contributed by atoms with Crippen LogP contribution in [0.3, 0.4) is 0 Å². The molecule has 4 N–H and O–H groups in total. The van der Waals surface area contributed by atoms with Crippen molar-refractivity contribution in [3.8, 4) is 17.3 Å². The van der Waals surface area contributed by atoms with E-state index >= 15 is 0 Å². The van der Waals surface area contributed by atoms with Gasteiger partial charge in [-0.3, -0.25) is 0 Å². The van der Waals surface area contributed by atoms with Crippen LogP contribution in [0.15, 0.2) is 42.6 Å². The quantitative estimate of drug-likeness (QED) is 0.380. The molecule has 0 saturated heterocycles. The van der Waals surface area contributed by atoms with Crippen molar-refractivity contribution >= 4 is 22.7 Å². The van der Waals surface area contributed by atoms with Crippen LogP contribution in [-0.4, -0.2) is 19.7 Å². The van der Waals surface area contributed by atoms with E-state index in [1.807, 2.05) is 0 Å². The summed E-state index contributed by atoms with van der Waals surface area (Å²) < 4.78 is 55.5. The molecule has 0 unspecified atom stereocenters. The standard InChI is InChI=1S/C20H13F4N7/c21-16-11(7-25)2-1-3-12(16)17-13-8-28-31(18(13)30-19(27)29-17)9-10-4-5-15(26)14(6-10)20(22,23)24/h1-6,8H,9,26H2,(H2,27,29,30). The summed E-state index contributed by atoms with van der Waals surface area (Å²) in [5, 5.41) is 13.6. The highest BCUT2D eigenvalue weighted by molar-refractivity contribution is 5.91. The van der Waals surface area contributed by atoms with Gasteiger partial charge in [0.25, 0.3) is 0 Å². The van der Waals surface area contributed by atoms with Crippen LogP contribution in [0, 0.1) is 17.1 Å². The molecule has 4 aromatic rings. The number of nitrogens with two attached hydrogens (primary N) is 2. The highest BCUT2D eigenvalue weighted by Crippen LogP contribution is 2.34. The predicted molar refractivity (Wildman–Crippen MR) is 105 cm³/mol. The number of benzene rings is 2. The molecule has 2 aromatic carbocycles. The third-order valence-electron chi connectivity index (χ3n) is 4.64. The molecule has 0 spiro atoms. The van der Waals surface area contributed by atoms with Crippen LogP contribution in [0.4, 0.5) is 29.2 Å². The summed E-state index contributed by atoms with van der Waals surface area (Å²) in [5.74, 6) is -0.954. The predicted octanol–water partition coefficient (Wildman–Crippen LogP) is 3.74. The molecule has 2 aromatic heterocycles. The van der Waals surface area contributed by atoms with Crippen molar-refractivity contribution in [1.29, 1.82) is 5.26 Å². The number of nitrogens with zero attached hydrogens (tertiary/aromatic N) is 5. The Balaban J connectivity index is 1.83. The van der Waals surface area contributed by atoms with Gasteiger partial charge in [0.15, 0.2) is 5.65 Å². The first-order chi connectivity index (χ1) is 14.7. The Morgan fingerprint density at radius 2 is 1.87 bits per heavy atom. The molecular weight excluding hydrogens is 414 g/mol. The van der Waals surface area contributed by atoms with Gasteiger partial charge in [0.1, 0.15) is 11.9 Å². The molecule has 2 heterocycles. The first kappa shape index (κ1) is 20.1. The van der Waals surface area contributed by atoms with Gasteiger partial charge in [-0.25, -0.2) is 14.1 Å². The molecule has 11 heteroatoms. The smallest absolute Gasteiger partial charge is 0.398 e. The number of hydrogen-bond donors (Lipinski definition) is 2.